The maximum absolute atomic E-state index is 12.1. The van der Waals surface area contributed by atoms with Crippen LogP contribution in [-0.2, 0) is 24.9 Å². The summed E-state index contributed by atoms with van der Waals surface area (Å²) in [5.74, 6) is -0.126. The number of carbonyl (C=O) groups is 1. The van der Waals surface area contributed by atoms with Gasteiger partial charge in [0.25, 0.3) is 0 Å². The zero-order valence-corrected chi connectivity index (χ0v) is 15.2. The average molecular weight is 350 g/mol. The van der Waals surface area contributed by atoms with Crippen LogP contribution >= 0.6 is 0 Å². The van der Waals surface area contributed by atoms with Gasteiger partial charge in [-0.25, -0.2) is 9.67 Å². The molecule has 0 radical (unpaired) electrons. The van der Waals surface area contributed by atoms with Gasteiger partial charge in [0.15, 0.2) is 0 Å². The van der Waals surface area contributed by atoms with Gasteiger partial charge in [0, 0.05) is 30.9 Å². The van der Waals surface area contributed by atoms with Crippen molar-refractivity contribution < 1.29 is 4.79 Å². The van der Waals surface area contributed by atoms with Crippen molar-refractivity contribution in [3.05, 3.63) is 71.1 Å². The van der Waals surface area contributed by atoms with Gasteiger partial charge in [-0.1, -0.05) is 24.3 Å². The molecule has 1 amide bonds. The summed E-state index contributed by atoms with van der Waals surface area (Å²) in [5.41, 5.74) is 5.11. The Kier molecular flexibility index (Phi) is 5.26. The van der Waals surface area contributed by atoms with Gasteiger partial charge >= 0.3 is 0 Å². The predicted octanol–water partition coefficient (Wildman–Crippen LogP) is 2.01. The van der Waals surface area contributed by atoms with E-state index in [4.69, 9.17) is 0 Å². The lowest BCUT2D eigenvalue weighted by Gasteiger charge is -2.05. The van der Waals surface area contributed by atoms with Gasteiger partial charge in [0.1, 0.15) is 12.7 Å². The highest BCUT2D eigenvalue weighted by atomic mass is 16.1. The van der Waals surface area contributed by atoms with E-state index in [0.717, 1.165) is 28.1 Å². The molecule has 1 N–H and O–H groups in total. The van der Waals surface area contributed by atoms with Gasteiger partial charge in [-0.15, -0.1) is 0 Å². The number of nitrogens with zero attached hydrogens (tertiary/aromatic N) is 5. The molecule has 7 nitrogen and oxygen atoms in total. The molecule has 2 heterocycles. The van der Waals surface area contributed by atoms with Gasteiger partial charge in [0.2, 0.25) is 5.91 Å². The minimum Gasteiger partial charge on any atom is -0.348 e. The second-order valence-corrected chi connectivity index (χ2v) is 6.17. The van der Waals surface area contributed by atoms with Crippen LogP contribution in [0.4, 0.5) is 0 Å². The van der Waals surface area contributed by atoms with E-state index in [1.54, 1.807) is 17.1 Å². The van der Waals surface area contributed by atoms with Gasteiger partial charge < -0.3 is 5.32 Å². The quantitative estimate of drug-likeness (QED) is 0.690. The van der Waals surface area contributed by atoms with E-state index < -0.39 is 0 Å². The second kappa shape index (κ2) is 7.77. The van der Waals surface area contributed by atoms with Crippen LogP contribution in [0.25, 0.3) is 6.08 Å². The first kappa shape index (κ1) is 17.6. The summed E-state index contributed by atoms with van der Waals surface area (Å²) in [4.78, 5) is 16.0. The molecule has 0 saturated heterocycles. The van der Waals surface area contributed by atoms with Crippen LogP contribution in [0, 0.1) is 13.8 Å². The predicted molar refractivity (Wildman–Crippen MR) is 99.1 cm³/mol. The molecule has 0 aliphatic rings. The smallest absolute Gasteiger partial charge is 0.244 e. The first-order chi connectivity index (χ1) is 12.5. The van der Waals surface area contributed by atoms with Crippen LogP contribution in [0.2, 0.25) is 0 Å². The Hall–Kier alpha value is -3.22. The van der Waals surface area contributed by atoms with Crippen LogP contribution in [0.15, 0.2) is 43.0 Å². The van der Waals surface area contributed by atoms with Crippen molar-refractivity contribution in [2.24, 2.45) is 7.05 Å². The summed E-state index contributed by atoms with van der Waals surface area (Å²) >= 11 is 0. The number of hydrogen-bond acceptors (Lipinski definition) is 4. The fraction of sp³-hybridized carbons (Fsp3) is 0.263. The first-order valence-corrected chi connectivity index (χ1v) is 8.39. The Morgan fingerprint density at radius 2 is 1.92 bits per heavy atom. The molecular formula is C19H22N6O. The second-order valence-electron chi connectivity index (χ2n) is 6.17. The normalized spacial score (nSPS) is 11.2. The Morgan fingerprint density at radius 1 is 1.19 bits per heavy atom. The number of benzene rings is 1. The molecule has 0 fully saturated rings. The van der Waals surface area contributed by atoms with Crippen LogP contribution in [0.1, 0.15) is 28.1 Å². The van der Waals surface area contributed by atoms with Gasteiger partial charge in [0.05, 0.1) is 12.2 Å². The minimum atomic E-state index is -0.126. The number of rotatable bonds is 6. The molecule has 7 heteroatoms. The van der Waals surface area contributed by atoms with E-state index in [1.807, 2.05) is 55.9 Å². The van der Waals surface area contributed by atoms with Crippen molar-refractivity contribution in [1.82, 2.24) is 29.9 Å². The van der Waals surface area contributed by atoms with Gasteiger partial charge in [-0.05, 0) is 31.1 Å². The summed E-state index contributed by atoms with van der Waals surface area (Å²) < 4.78 is 3.58. The third kappa shape index (κ3) is 4.24. The minimum absolute atomic E-state index is 0.126. The van der Waals surface area contributed by atoms with Crippen molar-refractivity contribution >= 4 is 12.0 Å². The summed E-state index contributed by atoms with van der Waals surface area (Å²) in [6.45, 7) is 5.08. The summed E-state index contributed by atoms with van der Waals surface area (Å²) in [6.07, 6.45) is 6.57. The zero-order valence-electron chi connectivity index (χ0n) is 15.2. The third-order valence-electron chi connectivity index (χ3n) is 4.27. The Morgan fingerprint density at radius 3 is 2.54 bits per heavy atom. The zero-order chi connectivity index (χ0) is 18.5. The molecule has 0 aliphatic heterocycles. The van der Waals surface area contributed by atoms with Crippen LogP contribution in [0.3, 0.4) is 0 Å². The Labute approximate surface area is 152 Å². The Balaban J connectivity index is 1.53. The summed E-state index contributed by atoms with van der Waals surface area (Å²) in [7, 11) is 1.90. The number of nitrogens with one attached hydrogen (secondary N) is 1. The number of carbonyl (C=O) groups excluding carboxylic acids is 1. The highest BCUT2D eigenvalue weighted by Crippen LogP contribution is 2.13. The summed E-state index contributed by atoms with van der Waals surface area (Å²) in [6, 6.07) is 8.07. The molecule has 2 aromatic heterocycles. The molecule has 3 aromatic rings. The van der Waals surface area contributed by atoms with Crippen LogP contribution < -0.4 is 5.32 Å². The molecule has 26 heavy (non-hydrogen) atoms. The van der Waals surface area contributed by atoms with E-state index in [9.17, 15) is 4.79 Å². The fourth-order valence-electron chi connectivity index (χ4n) is 2.70. The fourth-order valence-corrected chi connectivity index (χ4v) is 2.70. The Bertz CT molecular complexity index is 906. The lowest BCUT2D eigenvalue weighted by atomic mass is 10.1. The molecule has 0 unspecified atom stereocenters. The van der Waals surface area contributed by atoms with Crippen LogP contribution in [-0.4, -0.2) is 30.5 Å². The molecule has 3 rings (SSSR count). The molecule has 0 bridgehead atoms. The topological polar surface area (TPSA) is 77.6 Å². The monoisotopic (exact) mass is 350 g/mol. The average Bonchev–Trinajstić information content (AvgIpc) is 3.21. The largest absolute Gasteiger partial charge is 0.348 e. The van der Waals surface area contributed by atoms with Gasteiger partial charge in [-0.3, -0.25) is 9.48 Å². The number of amides is 1. The van der Waals surface area contributed by atoms with E-state index in [-0.39, 0.29) is 5.91 Å². The van der Waals surface area contributed by atoms with Crippen molar-refractivity contribution in [2.45, 2.75) is 26.9 Å². The molecule has 0 atom stereocenters. The van der Waals surface area contributed by atoms with E-state index in [1.165, 1.54) is 6.33 Å². The van der Waals surface area contributed by atoms with E-state index in [0.29, 0.717) is 13.1 Å². The highest BCUT2D eigenvalue weighted by Gasteiger charge is 2.06. The number of aryl methyl sites for hydroxylation is 2. The van der Waals surface area contributed by atoms with E-state index in [2.05, 4.69) is 20.5 Å². The van der Waals surface area contributed by atoms with Crippen LogP contribution in [0.5, 0.6) is 0 Å². The molecule has 134 valence electrons. The maximum Gasteiger partial charge on any atom is 0.244 e. The first-order valence-electron chi connectivity index (χ1n) is 8.39. The summed E-state index contributed by atoms with van der Waals surface area (Å²) in [5, 5.41) is 11.3. The van der Waals surface area contributed by atoms with E-state index >= 15 is 0 Å². The van der Waals surface area contributed by atoms with Gasteiger partial charge in [-0.2, -0.15) is 10.2 Å². The lowest BCUT2D eigenvalue weighted by Crippen LogP contribution is -2.20. The number of aromatic nitrogens is 5. The molecule has 0 saturated carbocycles. The molecule has 1 aromatic carbocycles. The van der Waals surface area contributed by atoms with Crippen molar-refractivity contribution in [3.8, 4) is 0 Å². The lowest BCUT2D eigenvalue weighted by molar-refractivity contribution is -0.116. The maximum atomic E-state index is 12.1. The third-order valence-corrected chi connectivity index (χ3v) is 4.27. The highest BCUT2D eigenvalue weighted by molar-refractivity contribution is 5.91. The molecule has 0 spiro atoms. The number of hydrogen-bond donors (Lipinski definition) is 1. The SMILES string of the molecule is Cc1nn(C)c(C)c1/C=C/C(=O)NCc1ccc(Cn2cncn2)cc1. The van der Waals surface area contributed by atoms with Crippen molar-refractivity contribution in [3.63, 3.8) is 0 Å². The van der Waals surface area contributed by atoms with Crippen molar-refractivity contribution in [1.29, 1.82) is 0 Å². The van der Waals surface area contributed by atoms with Crippen molar-refractivity contribution in [2.75, 3.05) is 0 Å². The molecule has 0 aliphatic carbocycles. The standard InChI is InChI=1S/C19H22N6O/c1-14-18(15(2)24(3)23-14)8-9-19(26)21-10-16-4-6-17(7-5-16)11-25-13-20-12-22-25/h4-9,12-13H,10-11H2,1-3H3,(H,21,26)/b9-8+. The molecular weight excluding hydrogens is 328 g/mol.